The number of fused-ring (bicyclic) bond motifs is 1. The van der Waals surface area contributed by atoms with Crippen LogP contribution in [0.2, 0.25) is 0 Å². The monoisotopic (exact) mass is 388 g/mol. The van der Waals surface area contributed by atoms with Crippen molar-refractivity contribution in [2.24, 2.45) is 17.8 Å². The van der Waals surface area contributed by atoms with Crippen molar-refractivity contribution in [3.05, 3.63) is 71.3 Å². The van der Waals surface area contributed by atoms with E-state index >= 15 is 0 Å². The van der Waals surface area contributed by atoms with Gasteiger partial charge < -0.3 is 5.32 Å². The molecule has 1 aliphatic carbocycles. The number of hydrogen-bond acceptors (Lipinski definition) is 3. The zero-order valence-corrected chi connectivity index (χ0v) is 16.8. The molecule has 4 rings (SSSR count). The van der Waals surface area contributed by atoms with Gasteiger partial charge in [0.05, 0.1) is 23.1 Å². The molecule has 0 unspecified atom stereocenters. The van der Waals surface area contributed by atoms with Crippen LogP contribution in [0.5, 0.6) is 0 Å². The van der Waals surface area contributed by atoms with Crippen LogP contribution in [0.25, 0.3) is 0 Å². The fourth-order valence-electron chi connectivity index (χ4n) is 4.49. The molecule has 2 aromatic carbocycles. The Labute approximate surface area is 170 Å². The minimum Gasteiger partial charge on any atom is -0.322 e. The Morgan fingerprint density at radius 3 is 2.41 bits per heavy atom. The Bertz CT molecular complexity index is 1020. The van der Waals surface area contributed by atoms with Gasteiger partial charge in [0.25, 0.3) is 5.91 Å². The predicted octanol–water partition coefficient (Wildman–Crippen LogP) is 4.26. The number of allylic oxidation sites excluding steroid dienone is 2. The molecule has 1 aliphatic heterocycles. The van der Waals surface area contributed by atoms with Crippen LogP contribution in [-0.4, -0.2) is 17.7 Å². The minimum absolute atomic E-state index is 0.00598. The van der Waals surface area contributed by atoms with E-state index in [9.17, 15) is 14.4 Å². The quantitative estimate of drug-likeness (QED) is 0.631. The molecule has 1 fully saturated rings. The lowest BCUT2D eigenvalue weighted by Crippen LogP contribution is -2.33. The Kier molecular flexibility index (Phi) is 4.82. The molecule has 148 valence electrons. The molecule has 0 bridgehead atoms. The number of para-hydroxylation sites is 1. The van der Waals surface area contributed by atoms with Crippen LogP contribution in [0.15, 0.2) is 54.6 Å². The summed E-state index contributed by atoms with van der Waals surface area (Å²) in [7, 11) is 0. The zero-order chi connectivity index (χ0) is 20.7. The van der Waals surface area contributed by atoms with E-state index < -0.39 is 0 Å². The lowest BCUT2D eigenvalue weighted by atomic mass is 9.78. The average Bonchev–Trinajstić information content (AvgIpc) is 2.92. The number of hydrogen-bond donors (Lipinski definition) is 1. The topological polar surface area (TPSA) is 66.5 Å². The van der Waals surface area contributed by atoms with Gasteiger partial charge in [0, 0.05) is 5.69 Å². The van der Waals surface area contributed by atoms with Gasteiger partial charge in [-0.05, 0) is 61.6 Å². The van der Waals surface area contributed by atoms with Crippen molar-refractivity contribution in [2.45, 2.75) is 27.2 Å². The van der Waals surface area contributed by atoms with Crippen molar-refractivity contribution in [1.29, 1.82) is 0 Å². The van der Waals surface area contributed by atoms with Gasteiger partial charge in [-0.1, -0.05) is 37.3 Å². The van der Waals surface area contributed by atoms with Crippen LogP contribution in [0.4, 0.5) is 11.4 Å². The van der Waals surface area contributed by atoms with Gasteiger partial charge >= 0.3 is 0 Å². The van der Waals surface area contributed by atoms with Gasteiger partial charge in [-0.2, -0.15) is 0 Å². The van der Waals surface area contributed by atoms with E-state index in [1.807, 2.05) is 51.1 Å². The van der Waals surface area contributed by atoms with Gasteiger partial charge in [0.15, 0.2) is 0 Å². The van der Waals surface area contributed by atoms with E-state index in [0.717, 1.165) is 11.1 Å². The first-order valence-corrected chi connectivity index (χ1v) is 9.90. The number of aryl methyl sites for hydroxylation is 2. The molecule has 3 atom stereocenters. The lowest BCUT2D eigenvalue weighted by Gasteiger charge is -2.22. The van der Waals surface area contributed by atoms with Crippen molar-refractivity contribution in [2.75, 3.05) is 10.2 Å². The highest BCUT2D eigenvalue weighted by Gasteiger charge is 2.51. The summed E-state index contributed by atoms with van der Waals surface area (Å²) in [6.07, 6.45) is 4.53. The Morgan fingerprint density at radius 2 is 1.72 bits per heavy atom. The second kappa shape index (κ2) is 7.32. The van der Waals surface area contributed by atoms with E-state index in [-0.39, 0.29) is 35.5 Å². The smallest absolute Gasteiger partial charge is 0.257 e. The Morgan fingerprint density at radius 1 is 1.03 bits per heavy atom. The van der Waals surface area contributed by atoms with Crippen LogP contribution in [0, 0.1) is 31.6 Å². The van der Waals surface area contributed by atoms with Gasteiger partial charge in [0.1, 0.15) is 0 Å². The van der Waals surface area contributed by atoms with Gasteiger partial charge in [0.2, 0.25) is 11.8 Å². The normalized spacial score (nSPS) is 23.3. The molecule has 0 radical (unpaired) electrons. The maximum absolute atomic E-state index is 13.1. The molecule has 0 aromatic heterocycles. The van der Waals surface area contributed by atoms with Crippen LogP contribution in [-0.2, 0) is 9.59 Å². The number of benzene rings is 2. The van der Waals surface area contributed by atoms with Crippen molar-refractivity contribution < 1.29 is 14.4 Å². The minimum atomic E-state index is -0.358. The third-order valence-electron chi connectivity index (χ3n) is 5.74. The second-order valence-electron chi connectivity index (χ2n) is 8.01. The molecule has 5 heteroatoms. The second-order valence-corrected chi connectivity index (χ2v) is 8.01. The number of carbonyl (C=O) groups is 3. The van der Waals surface area contributed by atoms with Gasteiger partial charge in [-0.3, -0.25) is 14.4 Å². The van der Waals surface area contributed by atoms with E-state index in [2.05, 4.69) is 5.32 Å². The number of carbonyl (C=O) groups excluding carboxylic acids is 3. The number of imide groups is 1. The van der Waals surface area contributed by atoms with Gasteiger partial charge in [-0.25, -0.2) is 4.90 Å². The highest BCUT2D eigenvalue weighted by molar-refractivity contribution is 6.25. The molecule has 3 amide bonds. The fraction of sp³-hybridized carbons (Fsp3) is 0.292. The van der Waals surface area contributed by atoms with E-state index in [0.29, 0.717) is 23.4 Å². The number of nitrogens with zero attached hydrogens (tertiary/aromatic N) is 1. The fourth-order valence-corrected chi connectivity index (χ4v) is 4.49. The first-order valence-electron chi connectivity index (χ1n) is 9.90. The van der Waals surface area contributed by atoms with Crippen LogP contribution in [0.1, 0.15) is 34.8 Å². The summed E-state index contributed by atoms with van der Waals surface area (Å²) in [4.78, 5) is 40.4. The summed E-state index contributed by atoms with van der Waals surface area (Å²) >= 11 is 0. The maximum Gasteiger partial charge on any atom is 0.257 e. The standard InChI is InChI=1S/C24H24N2O3/c1-14-11-15(2)13-17(12-14)25-22(27)18-8-4-5-10-20(18)26-23(28)19-9-6-7-16(3)21(19)24(26)29/h4-8,10-13,16,19,21H,9H2,1-3H3,(H,25,27)/t16-,19+,21+/m0/s1. The SMILES string of the molecule is Cc1cc(C)cc(NC(=O)c2ccccc2N2C(=O)[C@@H]3[C@@H](C)C=CC[C@H]3C2=O)c1. The molecule has 2 aliphatic rings. The largest absolute Gasteiger partial charge is 0.322 e. The average molecular weight is 388 g/mol. The van der Waals surface area contributed by atoms with Crippen LogP contribution < -0.4 is 10.2 Å². The summed E-state index contributed by atoms with van der Waals surface area (Å²) in [6.45, 7) is 5.89. The van der Waals surface area contributed by atoms with E-state index in [4.69, 9.17) is 0 Å². The van der Waals surface area contributed by atoms with Crippen molar-refractivity contribution in [3.63, 3.8) is 0 Å². The number of anilines is 2. The predicted molar refractivity (Wildman–Crippen MR) is 113 cm³/mol. The van der Waals surface area contributed by atoms with Crippen LogP contribution >= 0.6 is 0 Å². The van der Waals surface area contributed by atoms with Gasteiger partial charge in [-0.15, -0.1) is 0 Å². The first-order chi connectivity index (χ1) is 13.9. The number of nitrogens with one attached hydrogen (secondary N) is 1. The molecule has 0 spiro atoms. The van der Waals surface area contributed by atoms with Crippen LogP contribution in [0.3, 0.4) is 0 Å². The molecule has 5 nitrogen and oxygen atoms in total. The molecular weight excluding hydrogens is 364 g/mol. The van der Waals surface area contributed by atoms with Crippen molar-refractivity contribution >= 4 is 29.1 Å². The Hall–Kier alpha value is -3.21. The maximum atomic E-state index is 13.1. The summed E-state index contributed by atoms with van der Waals surface area (Å²) in [5.74, 6) is -1.48. The Balaban J connectivity index is 1.68. The molecule has 29 heavy (non-hydrogen) atoms. The highest BCUT2D eigenvalue weighted by atomic mass is 16.2. The summed E-state index contributed by atoms with van der Waals surface area (Å²) < 4.78 is 0. The highest BCUT2D eigenvalue weighted by Crippen LogP contribution is 2.41. The summed E-state index contributed by atoms with van der Waals surface area (Å²) in [6, 6.07) is 12.6. The first kappa shape index (κ1) is 19.1. The van der Waals surface area contributed by atoms with Crippen molar-refractivity contribution in [1.82, 2.24) is 0 Å². The molecular formula is C24H24N2O3. The summed E-state index contributed by atoms with van der Waals surface area (Å²) in [5, 5.41) is 2.90. The lowest BCUT2D eigenvalue weighted by molar-refractivity contribution is -0.122. The zero-order valence-electron chi connectivity index (χ0n) is 16.8. The third-order valence-corrected chi connectivity index (χ3v) is 5.74. The van der Waals surface area contributed by atoms with E-state index in [1.54, 1.807) is 24.3 Å². The molecule has 1 heterocycles. The molecule has 1 saturated heterocycles. The molecule has 1 N–H and O–H groups in total. The molecule has 0 saturated carbocycles. The summed E-state index contributed by atoms with van der Waals surface area (Å²) in [5.41, 5.74) is 3.44. The number of rotatable bonds is 3. The van der Waals surface area contributed by atoms with E-state index in [1.165, 1.54) is 4.90 Å². The molecule has 2 aromatic rings. The number of amides is 3. The third kappa shape index (κ3) is 3.37. The van der Waals surface area contributed by atoms with Crippen molar-refractivity contribution in [3.8, 4) is 0 Å².